The molecule has 0 heterocycles. The number of nitrogens with zero attached hydrogens (tertiary/aromatic N) is 1. The van der Waals surface area contributed by atoms with Gasteiger partial charge < -0.3 is 4.90 Å². The topological polar surface area (TPSA) is 66.5 Å². The van der Waals surface area contributed by atoms with Gasteiger partial charge in [-0.05, 0) is 48.4 Å². The molecule has 0 saturated carbocycles. The van der Waals surface area contributed by atoms with Crippen molar-refractivity contribution < 1.29 is 22.0 Å². The number of rotatable bonds is 6. The van der Waals surface area contributed by atoms with Gasteiger partial charge in [-0.2, -0.15) is 0 Å². The molecule has 2 aromatic carbocycles. The van der Waals surface area contributed by atoms with Crippen LogP contribution in [0.2, 0.25) is 0 Å². The lowest BCUT2D eigenvalue weighted by Crippen LogP contribution is -2.28. The highest BCUT2D eigenvalue weighted by Crippen LogP contribution is 2.21. The van der Waals surface area contributed by atoms with Crippen LogP contribution in [0.5, 0.6) is 0 Å². The fourth-order valence-corrected chi connectivity index (χ4v) is 2.91. The number of carbonyl (C=O) groups excluding carboxylic acids is 1. The van der Waals surface area contributed by atoms with Crippen molar-refractivity contribution in [1.29, 1.82) is 0 Å². The third kappa shape index (κ3) is 5.89. The third-order valence-electron chi connectivity index (χ3n) is 3.99. The van der Waals surface area contributed by atoms with E-state index in [2.05, 4.69) is 4.72 Å². The Hall–Kier alpha value is -2.74. The van der Waals surface area contributed by atoms with Gasteiger partial charge in [-0.25, -0.2) is 17.2 Å². The quantitative estimate of drug-likeness (QED) is 0.762. The van der Waals surface area contributed by atoms with Crippen molar-refractivity contribution >= 4 is 27.7 Å². The molecule has 0 bridgehead atoms. The first kappa shape index (κ1) is 20.6. The molecule has 1 unspecified atom stereocenters. The summed E-state index contributed by atoms with van der Waals surface area (Å²) >= 11 is 0. The van der Waals surface area contributed by atoms with Gasteiger partial charge >= 0.3 is 0 Å². The Morgan fingerprint density at radius 1 is 1.11 bits per heavy atom. The smallest absolute Gasteiger partial charge is 0.246 e. The van der Waals surface area contributed by atoms with E-state index in [1.807, 2.05) is 0 Å². The second-order valence-electron chi connectivity index (χ2n) is 6.13. The molecule has 27 heavy (non-hydrogen) atoms. The number of carbonyl (C=O) groups is 1. The zero-order valence-electron chi connectivity index (χ0n) is 15.1. The molecule has 0 radical (unpaired) electrons. The van der Waals surface area contributed by atoms with Crippen LogP contribution in [0.4, 0.5) is 14.5 Å². The normalized spacial score (nSPS) is 12.8. The van der Waals surface area contributed by atoms with E-state index in [1.165, 1.54) is 17.0 Å². The number of nitrogens with one attached hydrogen (secondary N) is 1. The van der Waals surface area contributed by atoms with Crippen LogP contribution in [0.1, 0.15) is 24.1 Å². The molecule has 0 aromatic heterocycles. The molecular weight excluding hydrogens is 374 g/mol. The van der Waals surface area contributed by atoms with Crippen molar-refractivity contribution in [1.82, 2.24) is 4.90 Å². The summed E-state index contributed by atoms with van der Waals surface area (Å²) in [6.45, 7) is 1.71. The van der Waals surface area contributed by atoms with Crippen molar-refractivity contribution in [3.05, 3.63) is 71.3 Å². The van der Waals surface area contributed by atoms with Crippen LogP contribution >= 0.6 is 0 Å². The molecule has 2 rings (SSSR count). The van der Waals surface area contributed by atoms with E-state index in [0.717, 1.165) is 18.4 Å². The van der Waals surface area contributed by atoms with Crippen LogP contribution in [-0.4, -0.2) is 32.5 Å². The largest absolute Gasteiger partial charge is 0.335 e. The van der Waals surface area contributed by atoms with E-state index in [-0.39, 0.29) is 5.91 Å². The molecule has 0 spiro atoms. The molecule has 0 saturated heterocycles. The standard InChI is InChI=1S/C19H20F2N2O3S/c1-13(15-7-10-17(20)18(21)12-15)23(2)19(24)11-6-14-4-8-16(9-5-14)22-27(3,25)26/h4-13,22H,1-3H3/b11-6+. The minimum atomic E-state index is -3.35. The monoisotopic (exact) mass is 394 g/mol. The number of hydrogen-bond acceptors (Lipinski definition) is 3. The summed E-state index contributed by atoms with van der Waals surface area (Å²) in [5.41, 5.74) is 1.61. The van der Waals surface area contributed by atoms with Gasteiger partial charge in [-0.3, -0.25) is 9.52 Å². The SMILES string of the molecule is CC(c1ccc(F)c(F)c1)N(C)C(=O)/C=C/c1ccc(NS(C)(=O)=O)cc1. The average Bonchev–Trinajstić information content (AvgIpc) is 2.60. The zero-order valence-corrected chi connectivity index (χ0v) is 15.9. The number of hydrogen-bond donors (Lipinski definition) is 1. The maximum atomic E-state index is 13.4. The first-order chi connectivity index (χ1) is 12.6. The molecule has 144 valence electrons. The van der Waals surface area contributed by atoms with E-state index >= 15 is 0 Å². The lowest BCUT2D eigenvalue weighted by atomic mass is 10.1. The van der Waals surface area contributed by atoms with E-state index in [4.69, 9.17) is 0 Å². The van der Waals surface area contributed by atoms with Crippen molar-refractivity contribution in [3.8, 4) is 0 Å². The van der Waals surface area contributed by atoms with Crippen LogP contribution < -0.4 is 4.72 Å². The Morgan fingerprint density at radius 2 is 1.74 bits per heavy atom. The van der Waals surface area contributed by atoms with Gasteiger partial charge in [0.15, 0.2) is 11.6 Å². The molecule has 8 heteroatoms. The van der Waals surface area contributed by atoms with E-state index in [0.29, 0.717) is 16.8 Å². The molecular formula is C19H20F2N2O3S. The fourth-order valence-electron chi connectivity index (χ4n) is 2.35. The lowest BCUT2D eigenvalue weighted by Gasteiger charge is -2.24. The number of halogens is 2. The molecule has 5 nitrogen and oxygen atoms in total. The van der Waals surface area contributed by atoms with Crippen LogP contribution in [-0.2, 0) is 14.8 Å². The minimum absolute atomic E-state index is 0.314. The van der Waals surface area contributed by atoms with Crippen molar-refractivity contribution in [2.75, 3.05) is 18.0 Å². The molecule has 1 amide bonds. The Morgan fingerprint density at radius 3 is 2.30 bits per heavy atom. The fraction of sp³-hybridized carbons (Fsp3) is 0.211. The van der Waals surface area contributed by atoms with Gasteiger partial charge in [-0.15, -0.1) is 0 Å². The summed E-state index contributed by atoms with van der Waals surface area (Å²) in [7, 11) is -1.78. The molecule has 0 fully saturated rings. The van der Waals surface area contributed by atoms with Gasteiger partial charge in [0.05, 0.1) is 12.3 Å². The van der Waals surface area contributed by atoms with Gasteiger partial charge in [0.25, 0.3) is 0 Å². The maximum Gasteiger partial charge on any atom is 0.246 e. The lowest BCUT2D eigenvalue weighted by molar-refractivity contribution is -0.126. The highest BCUT2D eigenvalue weighted by molar-refractivity contribution is 7.92. The van der Waals surface area contributed by atoms with Crippen molar-refractivity contribution in [2.24, 2.45) is 0 Å². The molecule has 1 N–H and O–H groups in total. The van der Waals surface area contributed by atoms with Crippen molar-refractivity contribution in [2.45, 2.75) is 13.0 Å². The first-order valence-electron chi connectivity index (χ1n) is 8.04. The first-order valence-corrected chi connectivity index (χ1v) is 9.93. The summed E-state index contributed by atoms with van der Waals surface area (Å²) in [6, 6.07) is 9.58. The Labute approximate surface area is 157 Å². The second-order valence-corrected chi connectivity index (χ2v) is 7.88. The Bertz CT molecular complexity index is 957. The summed E-state index contributed by atoms with van der Waals surface area (Å²) in [5, 5.41) is 0. The summed E-state index contributed by atoms with van der Waals surface area (Å²) in [4.78, 5) is 13.7. The number of sulfonamides is 1. The third-order valence-corrected chi connectivity index (χ3v) is 4.59. The van der Waals surface area contributed by atoms with Gasteiger partial charge in [-0.1, -0.05) is 18.2 Å². The van der Waals surface area contributed by atoms with Crippen LogP contribution in [0.15, 0.2) is 48.5 Å². The molecule has 0 aliphatic rings. The minimum Gasteiger partial charge on any atom is -0.335 e. The molecule has 0 aliphatic carbocycles. The number of likely N-dealkylation sites (N-methyl/N-ethyl adjacent to an activating group) is 1. The van der Waals surface area contributed by atoms with Crippen LogP contribution in [0.3, 0.4) is 0 Å². The highest BCUT2D eigenvalue weighted by Gasteiger charge is 2.17. The number of amides is 1. The van der Waals surface area contributed by atoms with Gasteiger partial charge in [0.2, 0.25) is 15.9 Å². The van der Waals surface area contributed by atoms with Crippen LogP contribution in [0.25, 0.3) is 6.08 Å². The Kier molecular flexibility index (Phi) is 6.32. The Balaban J connectivity index is 2.05. The molecule has 2 aromatic rings. The maximum absolute atomic E-state index is 13.4. The average molecular weight is 394 g/mol. The van der Waals surface area contributed by atoms with E-state index in [1.54, 1.807) is 44.3 Å². The summed E-state index contributed by atoms with van der Waals surface area (Å²) in [6.07, 6.45) is 4.00. The molecule has 0 aliphatic heterocycles. The second kappa shape index (κ2) is 8.30. The predicted octanol–water partition coefficient (Wildman–Crippen LogP) is 3.57. The van der Waals surface area contributed by atoms with Crippen molar-refractivity contribution in [3.63, 3.8) is 0 Å². The van der Waals surface area contributed by atoms with E-state index in [9.17, 15) is 22.0 Å². The summed E-state index contributed by atoms with van der Waals surface area (Å²) in [5.74, 6) is -2.21. The highest BCUT2D eigenvalue weighted by atomic mass is 32.2. The van der Waals surface area contributed by atoms with Crippen LogP contribution in [0, 0.1) is 11.6 Å². The number of anilines is 1. The molecule has 1 atom stereocenters. The van der Waals surface area contributed by atoms with Gasteiger partial charge in [0.1, 0.15) is 0 Å². The number of benzene rings is 2. The zero-order chi connectivity index (χ0) is 20.2. The van der Waals surface area contributed by atoms with Gasteiger partial charge in [0, 0.05) is 18.8 Å². The predicted molar refractivity (Wildman–Crippen MR) is 101 cm³/mol. The summed E-state index contributed by atoms with van der Waals surface area (Å²) < 4.78 is 51.1. The van der Waals surface area contributed by atoms with E-state index < -0.39 is 27.7 Å².